The molecule has 0 aromatic heterocycles. The highest BCUT2D eigenvalue weighted by Gasteiger charge is 2.18. The number of methoxy groups -OCH3 is 2. The minimum atomic E-state index is -3.72. The molecule has 0 unspecified atom stereocenters. The molecule has 1 aliphatic rings. The number of benzene rings is 1. The number of hydrogen-bond acceptors (Lipinski definition) is 5. The summed E-state index contributed by atoms with van der Waals surface area (Å²) in [5.41, 5.74) is 0. The van der Waals surface area contributed by atoms with Crippen molar-refractivity contribution in [3.05, 3.63) is 18.2 Å². The van der Waals surface area contributed by atoms with Gasteiger partial charge in [-0.1, -0.05) is 25.7 Å². The van der Waals surface area contributed by atoms with Crippen LogP contribution in [-0.2, 0) is 14.8 Å². The van der Waals surface area contributed by atoms with Crippen molar-refractivity contribution >= 4 is 15.9 Å². The first-order chi connectivity index (χ1) is 12.5. The average molecular weight is 384 g/mol. The van der Waals surface area contributed by atoms with Crippen LogP contribution in [0.4, 0.5) is 0 Å². The predicted octanol–water partition coefficient (Wildman–Crippen LogP) is 2.21. The summed E-state index contributed by atoms with van der Waals surface area (Å²) < 4.78 is 37.4. The lowest BCUT2D eigenvalue weighted by Crippen LogP contribution is -2.36. The van der Waals surface area contributed by atoms with Gasteiger partial charge >= 0.3 is 0 Å². The standard InChI is InChI=1S/C18H28N2O5S/c1-24-16-10-9-15(13-17(16)25-2)26(22,23)19-12-11-18(21)20-14-7-5-3-4-6-8-14/h9-10,13-14,19H,3-8,11-12H2,1-2H3,(H,20,21). The van der Waals surface area contributed by atoms with Crippen molar-refractivity contribution in [2.75, 3.05) is 20.8 Å². The van der Waals surface area contributed by atoms with Gasteiger partial charge in [-0.25, -0.2) is 13.1 Å². The minimum absolute atomic E-state index is 0.0508. The first kappa shape index (κ1) is 20.5. The van der Waals surface area contributed by atoms with E-state index in [2.05, 4.69) is 10.0 Å². The Hall–Kier alpha value is -1.80. The summed E-state index contributed by atoms with van der Waals surface area (Å²) in [5, 5.41) is 3.01. The molecule has 26 heavy (non-hydrogen) atoms. The molecule has 1 amide bonds. The van der Waals surface area contributed by atoms with E-state index in [9.17, 15) is 13.2 Å². The normalized spacial score (nSPS) is 15.9. The van der Waals surface area contributed by atoms with E-state index in [1.165, 1.54) is 45.3 Å². The van der Waals surface area contributed by atoms with Crippen LogP contribution in [0.1, 0.15) is 44.9 Å². The first-order valence-corrected chi connectivity index (χ1v) is 10.5. The van der Waals surface area contributed by atoms with Crippen molar-refractivity contribution in [2.24, 2.45) is 0 Å². The number of carbonyl (C=O) groups excluding carboxylic acids is 1. The third-order valence-corrected chi connectivity index (χ3v) is 5.99. The van der Waals surface area contributed by atoms with Crippen molar-refractivity contribution in [1.29, 1.82) is 0 Å². The fourth-order valence-electron chi connectivity index (χ4n) is 3.09. The lowest BCUT2D eigenvalue weighted by Gasteiger charge is -2.16. The van der Waals surface area contributed by atoms with Crippen LogP contribution < -0.4 is 19.5 Å². The summed E-state index contributed by atoms with van der Waals surface area (Å²) in [4.78, 5) is 12.1. The fraction of sp³-hybridized carbons (Fsp3) is 0.611. The van der Waals surface area contributed by atoms with Crippen LogP contribution in [0, 0.1) is 0 Å². The molecule has 2 rings (SSSR count). The van der Waals surface area contributed by atoms with Crippen LogP contribution >= 0.6 is 0 Å². The molecule has 1 fully saturated rings. The Balaban J connectivity index is 1.86. The molecule has 0 spiro atoms. The van der Waals surface area contributed by atoms with Crippen molar-refractivity contribution in [3.63, 3.8) is 0 Å². The van der Waals surface area contributed by atoms with E-state index in [1.807, 2.05) is 0 Å². The van der Waals surface area contributed by atoms with Crippen LogP contribution in [0.5, 0.6) is 11.5 Å². The topological polar surface area (TPSA) is 93.7 Å². The summed E-state index contributed by atoms with van der Waals surface area (Å²) in [6.07, 6.45) is 6.83. The van der Waals surface area contributed by atoms with E-state index < -0.39 is 10.0 Å². The summed E-state index contributed by atoms with van der Waals surface area (Å²) in [5.74, 6) is 0.669. The SMILES string of the molecule is COc1ccc(S(=O)(=O)NCCC(=O)NC2CCCCCC2)cc1OC. The number of sulfonamides is 1. The summed E-state index contributed by atoms with van der Waals surface area (Å²) in [6, 6.07) is 4.58. The molecule has 7 nitrogen and oxygen atoms in total. The highest BCUT2D eigenvalue weighted by molar-refractivity contribution is 7.89. The Morgan fingerprint density at radius 3 is 2.35 bits per heavy atom. The van der Waals surface area contributed by atoms with Gasteiger partial charge in [-0.3, -0.25) is 4.79 Å². The molecule has 8 heteroatoms. The molecule has 1 saturated carbocycles. The summed E-state index contributed by atoms with van der Waals surface area (Å²) in [6.45, 7) is 0.0508. The second kappa shape index (κ2) is 9.78. The van der Waals surface area contributed by atoms with Crippen LogP contribution in [0.2, 0.25) is 0 Å². The largest absolute Gasteiger partial charge is 0.493 e. The zero-order valence-electron chi connectivity index (χ0n) is 15.4. The van der Waals surface area contributed by atoms with E-state index >= 15 is 0 Å². The molecule has 1 aromatic carbocycles. The lowest BCUT2D eigenvalue weighted by molar-refractivity contribution is -0.121. The number of ether oxygens (including phenoxy) is 2. The Kier molecular flexibility index (Phi) is 7.71. The maximum Gasteiger partial charge on any atom is 0.240 e. The lowest BCUT2D eigenvalue weighted by atomic mass is 10.1. The van der Waals surface area contributed by atoms with Gasteiger partial charge in [0.2, 0.25) is 15.9 Å². The summed E-state index contributed by atoms with van der Waals surface area (Å²) >= 11 is 0. The molecule has 0 radical (unpaired) electrons. The summed E-state index contributed by atoms with van der Waals surface area (Å²) in [7, 11) is -0.791. The van der Waals surface area contributed by atoms with E-state index in [0.717, 1.165) is 25.7 Å². The van der Waals surface area contributed by atoms with Crippen molar-refractivity contribution in [2.45, 2.75) is 55.9 Å². The molecular formula is C18H28N2O5S. The van der Waals surface area contributed by atoms with Crippen LogP contribution in [0.3, 0.4) is 0 Å². The van der Waals surface area contributed by atoms with Gasteiger partial charge in [0, 0.05) is 25.1 Å². The Labute approximate surface area is 155 Å². The number of rotatable bonds is 8. The van der Waals surface area contributed by atoms with Gasteiger partial charge in [0.25, 0.3) is 0 Å². The van der Waals surface area contributed by atoms with Crippen molar-refractivity contribution in [3.8, 4) is 11.5 Å². The van der Waals surface area contributed by atoms with Gasteiger partial charge in [-0.05, 0) is 25.0 Å². The second-order valence-corrected chi connectivity index (χ2v) is 8.19. The highest BCUT2D eigenvalue weighted by atomic mass is 32.2. The molecule has 0 atom stereocenters. The molecule has 0 bridgehead atoms. The van der Waals surface area contributed by atoms with Crippen molar-refractivity contribution in [1.82, 2.24) is 10.0 Å². The van der Waals surface area contributed by atoms with Gasteiger partial charge in [-0.2, -0.15) is 0 Å². The van der Waals surface area contributed by atoms with E-state index in [1.54, 1.807) is 0 Å². The molecule has 1 aliphatic carbocycles. The third-order valence-electron chi connectivity index (χ3n) is 4.53. The monoisotopic (exact) mass is 384 g/mol. The Morgan fingerprint density at radius 1 is 1.08 bits per heavy atom. The van der Waals surface area contributed by atoms with E-state index in [4.69, 9.17) is 9.47 Å². The predicted molar refractivity (Wildman–Crippen MR) is 99.0 cm³/mol. The zero-order chi connectivity index (χ0) is 19.0. The number of amides is 1. The number of hydrogen-bond donors (Lipinski definition) is 2. The van der Waals surface area contributed by atoms with Gasteiger partial charge in [0.1, 0.15) is 0 Å². The highest BCUT2D eigenvalue weighted by Crippen LogP contribution is 2.29. The average Bonchev–Trinajstić information content (AvgIpc) is 2.89. The van der Waals surface area contributed by atoms with Gasteiger partial charge in [0.05, 0.1) is 19.1 Å². The molecule has 1 aromatic rings. The van der Waals surface area contributed by atoms with Crippen molar-refractivity contribution < 1.29 is 22.7 Å². The molecule has 2 N–H and O–H groups in total. The zero-order valence-corrected chi connectivity index (χ0v) is 16.2. The van der Waals surface area contributed by atoms with E-state index in [0.29, 0.717) is 11.5 Å². The third kappa shape index (κ3) is 5.88. The molecule has 0 aliphatic heterocycles. The molecule has 146 valence electrons. The van der Waals surface area contributed by atoms with Gasteiger partial charge in [0.15, 0.2) is 11.5 Å². The maximum atomic E-state index is 12.4. The molecular weight excluding hydrogens is 356 g/mol. The number of nitrogens with one attached hydrogen (secondary N) is 2. The smallest absolute Gasteiger partial charge is 0.240 e. The second-order valence-electron chi connectivity index (χ2n) is 6.42. The molecule has 0 saturated heterocycles. The van der Waals surface area contributed by atoms with Gasteiger partial charge in [-0.15, -0.1) is 0 Å². The quantitative estimate of drug-likeness (QED) is 0.670. The Bertz CT molecular complexity index is 698. The maximum absolute atomic E-state index is 12.4. The van der Waals surface area contributed by atoms with Crippen LogP contribution in [-0.4, -0.2) is 41.1 Å². The van der Waals surface area contributed by atoms with Crippen LogP contribution in [0.15, 0.2) is 23.1 Å². The fourth-order valence-corrected chi connectivity index (χ4v) is 4.14. The van der Waals surface area contributed by atoms with E-state index in [-0.39, 0.29) is 29.8 Å². The molecule has 0 heterocycles. The number of carbonyl (C=O) groups is 1. The minimum Gasteiger partial charge on any atom is -0.493 e. The first-order valence-electron chi connectivity index (χ1n) is 8.97. The van der Waals surface area contributed by atoms with Crippen LogP contribution in [0.25, 0.3) is 0 Å². The van der Waals surface area contributed by atoms with Gasteiger partial charge < -0.3 is 14.8 Å². The Morgan fingerprint density at radius 2 is 1.73 bits per heavy atom.